The van der Waals surface area contributed by atoms with Gasteiger partial charge in [0.15, 0.2) is 5.78 Å². The van der Waals surface area contributed by atoms with Crippen LogP contribution in [0.25, 0.3) is 21.8 Å². The highest BCUT2D eigenvalue weighted by molar-refractivity contribution is 6.00. The molecule has 17 heavy (non-hydrogen) atoms. The van der Waals surface area contributed by atoms with Crippen LogP contribution in [0.3, 0.4) is 0 Å². The van der Waals surface area contributed by atoms with Gasteiger partial charge in [-0.05, 0) is 19.1 Å². The van der Waals surface area contributed by atoms with Crippen LogP contribution in [0.5, 0.6) is 0 Å². The molecule has 1 heterocycles. The van der Waals surface area contributed by atoms with Gasteiger partial charge < -0.3 is 4.79 Å². The molecular formula is C12H8FN3O. The maximum Gasteiger partial charge on any atom is 0.229 e. The molecule has 0 aliphatic rings. The third kappa shape index (κ3) is 2.06. The summed E-state index contributed by atoms with van der Waals surface area (Å²) < 4.78 is 13.7. The highest BCUT2D eigenvalue weighted by Gasteiger charge is 2.08. The zero-order valence-corrected chi connectivity index (χ0v) is 8.99. The zero-order valence-electron chi connectivity index (χ0n) is 8.99. The predicted molar refractivity (Wildman–Crippen MR) is 61.3 cm³/mol. The minimum absolute atomic E-state index is 0.0910. The number of fused-ring (bicyclic) bond motifs is 1. The quantitative estimate of drug-likeness (QED) is 0.635. The van der Waals surface area contributed by atoms with Gasteiger partial charge in [0, 0.05) is 17.0 Å². The first-order chi connectivity index (χ1) is 8.11. The first-order valence-corrected chi connectivity index (χ1v) is 4.84. The molecule has 0 saturated carbocycles. The van der Waals surface area contributed by atoms with Gasteiger partial charge >= 0.3 is 0 Å². The normalized spacial score (nSPS) is 11.5. The lowest BCUT2D eigenvalue weighted by Gasteiger charge is -1.98. The van der Waals surface area contributed by atoms with Gasteiger partial charge in [-0.3, -0.25) is 5.10 Å². The van der Waals surface area contributed by atoms with Crippen molar-refractivity contribution < 1.29 is 9.18 Å². The zero-order chi connectivity index (χ0) is 12.4. The number of aromatic nitrogens is 2. The topological polar surface area (TPSA) is 50.1 Å². The molecule has 1 aromatic carbocycles. The van der Waals surface area contributed by atoms with E-state index >= 15 is 0 Å². The molecule has 1 N–H and O–H groups in total. The molecule has 0 bridgehead atoms. The summed E-state index contributed by atoms with van der Waals surface area (Å²) in [4.78, 5) is 14.1. The number of Topliss-reactive ketones (excluding diaryl/α,β-unsaturated/α-hetero) is 1. The summed E-state index contributed by atoms with van der Waals surface area (Å²) in [6, 6.07) is 2.83. The van der Waals surface area contributed by atoms with Gasteiger partial charge in [-0.2, -0.15) is 5.10 Å². The Hall–Kier alpha value is -2.48. The second-order valence-electron chi connectivity index (χ2n) is 3.53. The highest BCUT2D eigenvalue weighted by atomic mass is 19.1. The van der Waals surface area contributed by atoms with E-state index in [9.17, 15) is 9.18 Å². The molecule has 2 aromatic rings. The summed E-state index contributed by atoms with van der Waals surface area (Å²) in [5.74, 6) is -0.879. The molecule has 5 heteroatoms. The molecule has 0 spiro atoms. The molecule has 0 unspecified atom stereocenters. The lowest BCUT2D eigenvalue weighted by atomic mass is 10.1. The summed E-state index contributed by atoms with van der Waals surface area (Å²) >= 11 is 0. The van der Waals surface area contributed by atoms with Crippen LogP contribution >= 0.6 is 0 Å². The number of rotatable bonds is 2. The van der Waals surface area contributed by atoms with E-state index in [4.69, 9.17) is 6.57 Å². The van der Waals surface area contributed by atoms with E-state index in [1.54, 1.807) is 12.3 Å². The van der Waals surface area contributed by atoms with Gasteiger partial charge in [0.05, 0.1) is 18.3 Å². The Labute approximate surface area is 96.6 Å². The number of nitrogens with zero attached hydrogens (tertiary/aromatic N) is 2. The van der Waals surface area contributed by atoms with E-state index in [1.807, 2.05) is 0 Å². The van der Waals surface area contributed by atoms with Crippen LogP contribution in [0, 0.1) is 12.4 Å². The third-order valence-corrected chi connectivity index (χ3v) is 2.33. The minimum atomic E-state index is -0.496. The lowest BCUT2D eigenvalue weighted by Crippen LogP contribution is -1.92. The number of allylic oxidation sites excluding steroid dienone is 1. The maximum absolute atomic E-state index is 13.7. The van der Waals surface area contributed by atoms with Crippen molar-refractivity contribution in [2.75, 3.05) is 0 Å². The largest absolute Gasteiger partial charge is 0.308 e. The summed E-state index contributed by atoms with van der Waals surface area (Å²) in [7, 11) is 0. The minimum Gasteiger partial charge on any atom is -0.308 e. The van der Waals surface area contributed by atoms with Crippen molar-refractivity contribution in [2.45, 2.75) is 6.92 Å². The second-order valence-corrected chi connectivity index (χ2v) is 3.53. The molecule has 1 aromatic heterocycles. The number of carbonyl (C=O) groups is 1. The highest BCUT2D eigenvalue weighted by Crippen LogP contribution is 2.19. The maximum atomic E-state index is 13.7. The number of hydrogen-bond acceptors (Lipinski definition) is 2. The van der Waals surface area contributed by atoms with Crippen LogP contribution in [0.1, 0.15) is 12.5 Å². The number of aromatic amines is 1. The first kappa shape index (κ1) is 11.0. The molecule has 4 nitrogen and oxygen atoms in total. The van der Waals surface area contributed by atoms with Gasteiger partial charge in [-0.1, -0.05) is 0 Å². The Morgan fingerprint density at radius 2 is 2.35 bits per heavy atom. The molecule has 84 valence electrons. The van der Waals surface area contributed by atoms with Crippen molar-refractivity contribution >= 4 is 22.8 Å². The first-order valence-electron chi connectivity index (χ1n) is 4.84. The van der Waals surface area contributed by atoms with Gasteiger partial charge in [-0.15, -0.1) is 0 Å². The fourth-order valence-electron chi connectivity index (χ4n) is 1.45. The molecule has 0 radical (unpaired) electrons. The Morgan fingerprint density at radius 1 is 1.59 bits per heavy atom. The van der Waals surface area contributed by atoms with E-state index in [1.165, 1.54) is 19.1 Å². The van der Waals surface area contributed by atoms with Crippen molar-refractivity contribution in [3.05, 3.63) is 46.8 Å². The van der Waals surface area contributed by atoms with Crippen molar-refractivity contribution in [2.24, 2.45) is 0 Å². The smallest absolute Gasteiger partial charge is 0.229 e. The number of hydrogen-bond donors (Lipinski definition) is 1. The Kier molecular flexibility index (Phi) is 2.71. The molecule has 0 atom stereocenters. The molecule has 0 saturated heterocycles. The number of halogens is 1. The van der Waals surface area contributed by atoms with Gasteiger partial charge in [0.2, 0.25) is 5.70 Å². The summed E-state index contributed by atoms with van der Waals surface area (Å²) in [5.41, 5.74) is 0.693. The summed E-state index contributed by atoms with van der Waals surface area (Å²) in [6.45, 7) is 8.11. The number of ketones is 1. The lowest BCUT2D eigenvalue weighted by molar-refractivity contribution is -0.113. The summed E-state index contributed by atoms with van der Waals surface area (Å²) in [6.07, 6.45) is 2.80. The van der Waals surface area contributed by atoms with E-state index in [0.29, 0.717) is 5.52 Å². The monoisotopic (exact) mass is 229 g/mol. The fraction of sp³-hybridized carbons (Fsp3) is 0.0833. The second kappa shape index (κ2) is 4.18. The van der Waals surface area contributed by atoms with Crippen molar-refractivity contribution in [3.8, 4) is 0 Å². The average Bonchev–Trinajstić information content (AvgIpc) is 2.72. The number of nitrogens with one attached hydrogen (secondary N) is 1. The molecule has 0 fully saturated rings. The van der Waals surface area contributed by atoms with Crippen molar-refractivity contribution in [1.29, 1.82) is 0 Å². The van der Waals surface area contributed by atoms with E-state index in [2.05, 4.69) is 15.0 Å². The van der Waals surface area contributed by atoms with Crippen LogP contribution in [0.4, 0.5) is 4.39 Å². The van der Waals surface area contributed by atoms with Crippen LogP contribution < -0.4 is 0 Å². The van der Waals surface area contributed by atoms with E-state index in [0.717, 1.165) is 5.39 Å². The Balaban J connectivity index is 2.59. The van der Waals surface area contributed by atoms with Crippen molar-refractivity contribution in [3.63, 3.8) is 0 Å². The van der Waals surface area contributed by atoms with Crippen molar-refractivity contribution in [1.82, 2.24) is 10.2 Å². The van der Waals surface area contributed by atoms with Crippen LogP contribution in [0.15, 0.2) is 24.0 Å². The van der Waals surface area contributed by atoms with Crippen LogP contribution in [-0.2, 0) is 4.79 Å². The Bertz CT molecular complexity index is 664. The van der Waals surface area contributed by atoms with Crippen LogP contribution in [-0.4, -0.2) is 16.0 Å². The Morgan fingerprint density at radius 3 is 3.00 bits per heavy atom. The summed E-state index contributed by atoms with van der Waals surface area (Å²) in [5, 5.41) is 7.15. The van der Waals surface area contributed by atoms with Gasteiger partial charge in [0.1, 0.15) is 5.82 Å². The number of H-pyrrole nitrogens is 1. The number of benzene rings is 1. The molecule has 0 aliphatic carbocycles. The van der Waals surface area contributed by atoms with E-state index in [-0.39, 0.29) is 17.0 Å². The number of carbonyl (C=O) groups excluding carboxylic acids is 1. The standard InChI is InChI=1S/C12H8FN3O/c1-7(17)11(14-2)4-8-3-9-6-15-16-12(9)5-10(8)13/h3-6H,1H3,(H,15,16). The van der Waals surface area contributed by atoms with Crippen LogP contribution in [0.2, 0.25) is 0 Å². The average molecular weight is 229 g/mol. The van der Waals surface area contributed by atoms with Gasteiger partial charge in [0.25, 0.3) is 0 Å². The fourth-order valence-corrected chi connectivity index (χ4v) is 1.45. The SMILES string of the molecule is [C-]#[N+]C(=Cc1cc2cn[nH]c2cc1F)C(C)=O. The van der Waals surface area contributed by atoms with E-state index < -0.39 is 5.82 Å². The molecular weight excluding hydrogens is 221 g/mol. The molecule has 0 amide bonds. The van der Waals surface area contributed by atoms with Gasteiger partial charge in [-0.25, -0.2) is 9.24 Å². The molecule has 2 rings (SSSR count). The third-order valence-electron chi connectivity index (χ3n) is 2.33. The molecule has 0 aliphatic heterocycles. The predicted octanol–water partition coefficient (Wildman–Crippen LogP) is 2.55.